The maximum atomic E-state index is 14.8. The van der Waals surface area contributed by atoms with Crippen LogP contribution in [0, 0.1) is 23.7 Å². The third-order valence-electron chi connectivity index (χ3n) is 8.43. The van der Waals surface area contributed by atoms with Crippen LogP contribution in [0.5, 0.6) is 0 Å². The van der Waals surface area contributed by atoms with Gasteiger partial charge in [0.1, 0.15) is 25.4 Å². The van der Waals surface area contributed by atoms with Crippen LogP contribution in [0.1, 0.15) is 93.9 Å². The minimum absolute atomic E-state index is 0.00222. The van der Waals surface area contributed by atoms with E-state index in [9.17, 15) is 47.9 Å². The average molecular weight is 881 g/mol. The Labute approximate surface area is 357 Å². The Morgan fingerprint density at radius 2 is 0.790 bits per heavy atom. The molecule has 22 nitrogen and oxygen atoms in total. The first-order valence-corrected chi connectivity index (χ1v) is 19.3. The molecule has 2 heterocycles. The zero-order valence-electron chi connectivity index (χ0n) is 35.6. The van der Waals surface area contributed by atoms with Crippen LogP contribution < -0.4 is 5.73 Å². The van der Waals surface area contributed by atoms with Crippen molar-refractivity contribution in [3.8, 4) is 23.7 Å². The molecule has 62 heavy (non-hydrogen) atoms. The molecule has 2 rings (SSSR count). The van der Waals surface area contributed by atoms with Crippen LogP contribution in [-0.4, -0.2) is 139 Å². The minimum Gasteiger partial charge on any atom is -0.463 e. The highest BCUT2D eigenvalue weighted by Crippen LogP contribution is 2.37. The molecule has 2 saturated heterocycles. The van der Waals surface area contributed by atoms with Crippen LogP contribution in [0.15, 0.2) is 0 Å². The molecule has 0 aromatic rings. The fourth-order valence-corrected chi connectivity index (χ4v) is 6.31. The van der Waals surface area contributed by atoms with Crippen LogP contribution in [-0.2, 0) is 95.3 Å². The molecule has 0 radical (unpaired) electrons. The molecule has 2 N–H and O–H groups in total. The Morgan fingerprint density at radius 3 is 1.11 bits per heavy atom. The maximum absolute atomic E-state index is 14.8. The molecule has 0 saturated carbocycles. The predicted octanol–water partition coefficient (Wildman–Crippen LogP) is -0.186. The molecule has 10 atom stereocenters. The van der Waals surface area contributed by atoms with Gasteiger partial charge in [-0.1, -0.05) is 11.8 Å². The van der Waals surface area contributed by atoms with Crippen molar-refractivity contribution >= 4 is 59.6 Å². The van der Waals surface area contributed by atoms with Crippen molar-refractivity contribution in [3.05, 3.63) is 0 Å². The second-order valence-electron chi connectivity index (χ2n) is 13.8. The molecule has 22 heteroatoms. The van der Waals surface area contributed by atoms with Gasteiger partial charge in [0.25, 0.3) is 0 Å². The zero-order chi connectivity index (χ0) is 46.7. The van der Waals surface area contributed by atoms with E-state index in [0.29, 0.717) is 12.8 Å². The van der Waals surface area contributed by atoms with Crippen molar-refractivity contribution in [2.75, 3.05) is 13.2 Å². The number of ether oxygens (including phenoxy) is 10. The molecular weight excluding hydrogens is 828 g/mol. The van der Waals surface area contributed by atoms with Crippen molar-refractivity contribution in [3.63, 3.8) is 0 Å². The van der Waals surface area contributed by atoms with E-state index in [1.54, 1.807) is 0 Å². The number of carbonyl (C=O) groups is 10. The Balaban J connectivity index is 2.94. The second kappa shape index (κ2) is 25.5. The Morgan fingerprint density at radius 1 is 0.468 bits per heavy atom. The van der Waals surface area contributed by atoms with Crippen LogP contribution in [0.4, 0.5) is 0 Å². The molecule has 0 aromatic heterocycles. The van der Waals surface area contributed by atoms with Crippen LogP contribution in [0.2, 0.25) is 0 Å². The molecule has 2 aliphatic rings. The lowest BCUT2D eigenvalue weighted by atomic mass is 9.93. The summed E-state index contributed by atoms with van der Waals surface area (Å²) < 4.78 is 56.4. The quantitative estimate of drug-likeness (QED) is 0.0808. The van der Waals surface area contributed by atoms with E-state index >= 15 is 0 Å². The monoisotopic (exact) mass is 880 g/mol. The van der Waals surface area contributed by atoms with Crippen molar-refractivity contribution in [2.24, 2.45) is 5.73 Å². The third kappa shape index (κ3) is 17.4. The molecular formula is C40H52N2O20. The molecule has 2 amide bonds. The van der Waals surface area contributed by atoms with Crippen LogP contribution >= 0.6 is 0 Å². The number of rotatable bonds is 18. The van der Waals surface area contributed by atoms with Crippen molar-refractivity contribution in [2.45, 2.75) is 155 Å². The Kier molecular flexibility index (Phi) is 21.3. The Bertz CT molecular complexity index is 1720. The van der Waals surface area contributed by atoms with Crippen molar-refractivity contribution in [1.29, 1.82) is 0 Å². The highest BCUT2D eigenvalue weighted by atomic mass is 16.7. The van der Waals surface area contributed by atoms with E-state index in [1.165, 1.54) is 0 Å². The lowest BCUT2D eigenvalue weighted by Gasteiger charge is -2.52. The summed E-state index contributed by atoms with van der Waals surface area (Å²) in [5, 5.41) is 0. The van der Waals surface area contributed by atoms with Gasteiger partial charge in [-0.2, -0.15) is 0 Å². The van der Waals surface area contributed by atoms with Gasteiger partial charge in [-0.25, -0.2) is 0 Å². The molecule has 0 spiro atoms. The number of nitrogens with zero attached hydrogens (tertiary/aromatic N) is 1. The number of esters is 8. The van der Waals surface area contributed by atoms with Gasteiger partial charge in [-0.15, -0.1) is 0 Å². The largest absolute Gasteiger partial charge is 0.463 e. The van der Waals surface area contributed by atoms with E-state index in [2.05, 4.69) is 23.7 Å². The predicted molar refractivity (Wildman–Crippen MR) is 203 cm³/mol. The number of unbranched alkanes of at least 4 members (excludes halogenated alkanes) is 2. The summed E-state index contributed by atoms with van der Waals surface area (Å²) in [5.74, 6) is 1.85. The third-order valence-corrected chi connectivity index (χ3v) is 8.43. The highest BCUT2D eigenvalue weighted by molar-refractivity contribution is 5.77. The molecule has 0 unspecified atom stereocenters. The minimum atomic E-state index is -1.99. The first-order valence-electron chi connectivity index (χ1n) is 19.3. The summed E-state index contributed by atoms with van der Waals surface area (Å²) in [6, 6.07) is 0. The van der Waals surface area contributed by atoms with Crippen LogP contribution in [0.3, 0.4) is 0 Å². The molecule has 2 aliphatic heterocycles. The number of hydrogen-bond donors (Lipinski definition) is 1. The van der Waals surface area contributed by atoms with Gasteiger partial charge in [0, 0.05) is 81.1 Å². The number of carbonyl (C=O) groups excluding carboxylic acids is 10. The molecule has 0 aliphatic carbocycles. The molecule has 0 bridgehead atoms. The normalized spacial score (nSPS) is 25.0. The molecule has 342 valence electrons. The second-order valence-corrected chi connectivity index (χ2v) is 13.8. The van der Waals surface area contributed by atoms with Gasteiger partial charge < -0.3 is 53.1 Å². The summed E-state index contributed by atoms with van der Waals surface area (Å²) in [7, 11) is 0. The van der Waals surface area contributed by atoms with Crippen molar-refractivity contribution in [1.82, 2.24) is 4.90 Å². The van der Waals surface area contributed by atoms with Gasteiger partial charge in [0.05, 0.1) is 0 Å². The van der Waals surface area contributed by atoms with Gasteiger partial charge in [0.15, 0.2) is 49.1 Å². The van der Waals surface area contributed by atoms with E-state index in [4.69, 9.17) is 53.1 Å². The van der Waals surface area contributed by atoms with E-state index in [1.807, 2.05) is 0 Å². The van der Waals surface area contributed by atoms with E-state index in [-0.39, 0.29) is 19.3 Å². The number of hydrogen-bond acceptors (Lipinski definition) is 20. The van der Waals surface area contributed by atoms with Gasteiger partial charge >= 0.3 is 47.8 Å². The summed E-state index contributed by atoms with van der Waals surface area (Å²) in [6.45, 7) is 6.62. The number of amides is 2. The smallest absolute Gasteiger partial charge is 0.303 e. The summed E-state index contributed by atoms with van der Waals surface area (Å²) in [4.78, 5) is 126. The average Bonchev–Trinajstić information content (AvgIpc) is 3.14. The Hall–Kier alpha value is -6.26. The highest BCUT2D eigenvalue weighted by Gasteiger charge is 2.60. The number of primary amides is 1. The SMILES string of the molecule is CC(=O)OC[C@H]1O[C@@H](N(C(=O)CCCC#CC#CCCCC(N)=O)[C@@H]2O[C@H](COC(C)=O)[C@@H](OC(C)=O)[C@H](OC(C)=O)[C@H]2OC(C)=O)[C@H](OC(C)=O)[C@@H](OC(C)=O)[C@@H]1OC(C)=O. The van der Waals surface area contributed by atoms with Gasteiger partial charge in [-0.3, -0.25) is 52.8 Å². The van der Waals surface area contributed by atoms with E-state index < -0.39 is 140 Å². The van der Waals surface area contributed by atoms with Gasteiger partial charge in [-0.05, 0) is 24.7 Å². The number of nitrogens with two attached hydrogens (primary N) is 1. The first kappa shape index (κ1) is 51.9. The maximum Gasteiger partial charge on any atom is 0.303 e. The first-order chi connectivity index (χ1) is 29.1. The lowest BCUT2D eigenvalue weighted by molar-refractivity contribution is -0.321. The van der Waals surface area contributed by atoms with Crippen LogP contribution in [0.25, 0.3) is 0 Å². The van der Waals surface area contributed by atoms with E-state index in [0.717, 1.165) is 60.3 Å². The molecule has 0 aromatic carbocycles. The summed E-state index contributed by atoms with van der Waals surface area (Å²) in [6.07, 6.45) is -17.3. The standard InChI is InChI=1S/C40H52N2O20/c1-21(43)53-19-29-33(55-23(3)45)35(57-25(5)47)37(59-27(7)49)39(61-29)42(32(52)18-16-14-12-10-9-11-13-15-17-31(41)51)40-38(60-28(8)50)36(58-26(6)48)34(56-24(4)46)30(62-40)20-54-22(2)44/h29-30,33-40H,13-20H2,1-8H3,(H2,41,51)/t29-,30-,33-,34-,35+,36+,37-,38-,39-,40-/m1/s1. The summed E-state index contributed by atoms with van der Waals surface area (Å²) >= 11 is 0. The van der Waals surface area contributed by atoms with Gasteiger partial charge in [0.2, 0.25) is 11.8 Å². The summed E-state index contributed by atoms with van der Waals surface area (Å²) in [5.41, 5.74) is 5.13. The zero-order valence-corrected chi connectivity index (χ0v) is 35.6. The fourth-order valence-electron chi connectivity index (χ4n) is 6.31. The topological polar surface area (TPSA) is 292 Å². The van der Waals surface area contributed by atoms with Crippen molar-refractivity contribution < 1.29 is 95.3 Å². The molecule has 2 fully saturated rings. The fraction of sp³-hybridized carbons (Fsp3) is 0.650. The lowest BCUT2D eigenvalue weighted by Crippen LogP contribution is -2.73.